The average molecular weight is 607 g/mol. The molecular formula is C40H30O6. The first-order valence-corrected chi connectivity index (χ1v) is 16.0. The Kier molecular flexibility index (Phi) is 5.39. The summed E-state index contributed by atoms with van der Waals surface area (Å²) in [6.07, 6.45) is 3.28. The van der Waals surface area contributed by atoms with Crippen LogP contribution in [-0.4, -0.2) is 36.6 Å². The molecule has 4 heterocycles. The Balaban J connectivity index is 1.33. The number of fused-ring (bicyclic) bond motifs is 6. The van der Waals surface area contributed by atoms with Crippen LogP contribution in [0.2, 0.25) is 0 Å². The minimum atomic E-state index is 0.0777. The first-order valence-electron chi connectivity index (χ1n) is 16.0. The Morgan fingerprint density at radius 3 is 1.13 bits per heavy atom. The van der Waals surface area contributed by atoms with Gasteiger partial charge in [0.25, 0.3) is 0 Å². The van der Waals surface area contributed by atoms with E-state index in [1.165, 1.54) is 0 Å². The Bertz CT molecular complexity index is 2070. The number of aromatic hydroxyl groups is 2. The van der Waals surface area contributed by atoms with Crippen LogP contribution in [0.3, 0.4) is 0 Å². The molecule has 6 aromatic carbocycles. The number of rotatable bonds is 3. The van der Waals surface area contributed by atoms with Gasteiger partial charge in [-0.05, 0) is 68.1 Å². The molecule has 0 spiro atoms. The molecule has 0 bridgehead atoms. The van der Waals surface area contributed by atoms with Crippen molar-refractivity contribution in [1.82, 2.24) is 0 Å². The molecule has 0 atom stereocenters. The Morgan fingerprint density at radius 1 is 0.413 bits per heavy atom. The van der Waals surface area contributed by atoms with Gasteiger partial charge in [-0.15, -0.1) is 0 Å². The fourth-order valence-electron chi connectivity index (χ4n) is 8.04. The van der Waals surface area contributed by atoms with Gasteiger partial charge < -0.3 is 29.2 Å². The number of hydrogen-bond acceptors (Lipinski definition) is 6. The van der Waals surface area contributed by atoms with E-state index in [-0.39, 0.29) is 11.5 Å². The number of benzene rings is 6. The number of phenolic OH excluding ortho intramolecular Hbond substituents is 2. The second-order valence-electron chi connectivity index (χ2n) is 12.6. The number of hydrogen-bond donors (Lipinski definition) is 2. The lowest BCUT2D eigenvalue weighted by Crippen LogP contribution is -1.97. The van der Waals surface area contributed by atoms with Crippen molar-refractivity contribution in [2.75, 3.05) is 26.4 Å². The van der Waals surface area contributed by atoms with Gasteiger partial charge in [-0.25, -0.2) is 0 Å². The third-order valence-corrected chi connectivity index (χ3v) is 10.1. The molecule has 0 radical (unpaired) electrons. The van der Waals surface area contributed by atoms with Crippen molar-refractivity contribution in [2.24, 2.45) is 0 Å². The molecule has 0 aromatic heterocycles. The molecule has 0 fully saturated rings. The minimum absolute atomic E-state index is 0.0777. The summed E-state index contributed by atoms with van der Waals surface area (Å²) < 4.78 is 24.8. The lowest BCUT2D eigenvalue weighted by Gasteiger charge is -2.22. The predicted octanol–water partition coefficient (Wildman–Crippen LogP) is 8.14. The summed E-state index contributed by atoms with van der Waals surface area (Å²) in [5.74, 6) is 3.23. The molecule has 226 valence electrons. The van der Waals surface area contributed by atoms with Gasteiger partial charge in [-0.2, -0.15) is 0 Å². The maximum absolute atomic E-state index is 12.5. The van der Waals surface area contributed by atoms with E-state index in [4.69, 9.17) is 18.9 Å². The number of phenols is 2. The van der Waals surface area contributed by atoms with Crippen molar-refractivity contribution in [3.05, 3.63) is 95.1 Å². The summed E-state index contributed by atoms with van der Waals surface area (Å²) in [6, 6.07) is 24.5. The highest BCUT2D eigenvalue weighted by atomic mass is 16.5. The fourth-order valence-corrected chi connectivity index (χ4v) is 8.04. The largest absolute Gasteiger partial charge is 0.507 e. The second kappa shape index (κ2) is 9.57. The lowest BCUT2D eigenvalue weighted by atomic mass is 9.85. The van der Waals surface area contributed by atoms with E-state index in [0.717, 1.165) is 104 Å². The molecule has 0 aliphatic carbocycles. The quantitative estimate of drug-likeness (QED) is 0.212. The van der Waals surface area contributed by atoms with E-state index >= 15 is 0 Å². The monoisotopic (exact) mass is 606 g/mol. The number of ether oxygens (including phenoxy) is 4. The summed E-state index contributed by atoms with van der Waals surface area (Å²) >= 11 is 0. The zero-order valence-electron chi connectivity index (χ0n) is 25.1. The highest BCUT2D eigenvalue weighted by Crippen LogP contribution is 2.58. The molecule has 0 saturated heterocycles. The van der Waals surface area contributed by atoms with Gasteiger partial charge >= 0.3 is 0 Å². The molecule has 46 heavy (non-hydrogen) atoms. The molecule has 6 aromatic rings. The molecule has 10 rings (SSSR count). The summed E-state index contributed by atoms with van der Waals surface area (Å²) in [4.78, 5) is 0. The van der Waals surface area contributed by atoms with E-state index in [2.05, 4.69) is 24.3 Å². The van der Waals surface area contributed by atoms with Crippen LogP contribution in [0.5, 0.6) is 34.5 Å². The topological polar surface area (TPSA) is 77.4 Å². The van der Waals surface area contributed by atoms with Crippen molar-refractivity contribution in [3.8, 4) is 67.9 Å². The fraction of sp³-hybridized carbons (Fsp3) is 0.200. The Morgan fingerprint density at radius 2 is 0.761 bits per heavy atom. The third kappa shape index (κ3) is 3.52. The van der Waals surface area contributed by atoms with Crippen LogP contribution < -0.4 is 18.9 Å². The standard InChI is InChI=1S/C40H30O6/c41-35-29(33-37-23(9-13-43-37)17-24-10-14-44-38(24)33)19-21-5-1-3-7-27(21)31(35)32-28-8-4-2-6-22(28)20-30(36(32)42)34-39-25(11-15-45-39)18-26-12-16-46-40(26)34/h1-8,17-20,41-42H,9-16H2. The van der Waals surface area contributed by atoms with Crippen LogP contribution in [0.4, 0.5) is 0 Å². The maximum atomic E-state index is 12.5. The van der Waals surface area contributed by atoms with Crippen LogP contribution in [0.25, 0.3) is 54.9 Å². The van der Waals surface area contributed by atoms with Gasteiger partial charge in [-0.1, -0.05) is 48.5 Å². The summed E-state index contributed by atoms with van der Waals surface area (Å²) in [7, 11) is 0. The van der Waals surface area contributed by atoms with Gasteiger partial charge in [0.15, 0.2) is 0 Å². The van der Waals surface area contributed by atoms with Crippen LogP contribution >= 0.6 is 0 Å². The van der Waals surface area contributed by atoms with E-state index in [0.29, 0.717) is 48.7 Å². The molecular weight excluding hydrogens is 576 g/mol. The van der Waals surface area contributed by atoms with Crippen molar-refractivity contribution in [3.63, 3.8) is 0 Å². The van der Waals surface area contributed by atoms with E-state index in [1.54, 1.807) is 0 Å². The smallest absolute Gasteiger partial charge is 0.134 e. The van der Waals surface area contributed by atoms with Crippen LogP contribution in [0, 0.1) is 0 Å². The molecule has 6 heteroatoms. The normalized spacial score (nSPS) is 15.6. The zero-order valence-corrected chi connectivity index (χ0v) is 25.1. The van der Waals surface area contributed by atoms with Gasteiger partial charge in [0.2, 0.25) is 0 Å². The van der Waals surface area contributed by atoms with Gasteiger partial charge in [0.05, 0.1) is 37.6 Å². The molecule has 0 saturated carbocycles. The minimum Gasteiger partial charge on any atom is -0.507 e. The molecule has 0 amide bonds. The van der Waals surface area contributed by atoms with Crippen LogP contribution in [0.15, 0.2) is 72.8 Å². The molecule has 0 unspecified atom stereocenters. The van der Waals surface area contributed by atoms with E-state index < -0.39 is 0 Å². The highest BCUT2D eigenvalue weighted by Gasteiger charge is 2.34. The van der Waals surface area contributed by atoms with E-state index in [9.17, 15) is 10.2 Å². The summed E-state index contributed by atoms with van der Waals surface area (Å²) in [5.41, 5.74) is 8.51. The third-order valence-electron chi connectivity index (χ3n) is 10.1. The van der Waals surface area contributed by atoms with Crippen molar-refractivity contribution in [2.45, 2.75) is 25.7 Å². The van der Waals surface area contributed by atoms with Gasteiger partial charge in [-0.3, -0.25) is 0 Å². The molecule has 2 N–H and O–H groups in total. The Hall–Kier alpha value is -5.36. The average Bonchev–Trinajstić information content (AvgIpc) is 3.90. The maximum Gasteiger partial charge on any atom is 0.134 e. The lowest BCUT2D eigenvalue weighted by molar-refractivity contribution is 0.344. The SMILES string of the molecule is Oc1c(-c2c3c(cc4c2OCC4)CCO3)cc2ccccc2c1-c1c(O)c(-c2c3c(cc4c2OCC4)CCO3)cc2ccccc12. The molecule has 4 aliphatic rings. The predicted molar refractivity (Wildman–Crippen MR) is 178 cm³/mol. The van der Waals surface area contributed by atoms with Crippen LogP contribution in [-0.2, 0) is 25.7 Å². The van der Waals surface area contributed by atoms with E-state index in [1.807, 2.05) is 48.5 Å². The summed E-state index contributed by atoms with van der Waals surface area (Å²) in [6.45, 7) is 2.37. The van der Waals surface area contributed by atoms with Crippen LogP contribution in [0.1, 0.15) is 22.3 Å². The molecule has 4 aliphatic heterocycles. The first kappa shape index (κ1) is 25.9. The molecule has 6 nitrogen and oxygen atoms in total. The second-order valence-corrected chi connectivity index (χ2v) is 12.6. The van der Waals surface area contributed by atoms with Crippen molar-refractivity contribution in [1.29, 1.82) is 0 Å². The van der Waals surface area contributed by atoms with Crippen molar-refractivity contribution >= 4 is 21.5 Å². The summed E-state index contributed by atoms with van der Waals surface area (Å²) in [5, 5.41) is 28.6. The van der Waals surface area contributed by atoms with Gasteiger partial charge in [0, 0.05) is 47.9 Å². The van der Waals surface area contributed by atoms with Gasteiger partial charge in [0.1, 0.15) is 34.5 Å². The highest BCUT2D eigenvalue weighted by molar-refractivity contribution is 6.15. The Labute approximate surface area is 265 Å². The zero-order chi connectivity index (χ0) is 30.5. The first-order chi connectivity index (χ1) is 22.7. The van der Waals surface area contributed by atoms with Crippen molar-refractivity contribution < 1.29 is 29.2 Å².